The molecule has 0 aliphatic rings. The molecule has 0 aromatic heterocycles. The van der Waals surface area contributed by atoms with Crippen molar-refractivity contribution in [3.05, 3.63) is 12.2 Å². The molecule has 1 N–H and O–H groups in total. The predicted octanol–water partition coefficient (Wildman–Crippen LogP) is 1.51. The van der Waals surface area contributed by atoms with Crippen molar-refractivity contribution in [3.63, 3.8) is 0 Å². The minimum absolute atomic E-state index is 0.364. The van der Waals surface area contributed by atoms with Gasteiger partial charge in [0.15, 0.2) is 0 Å². The first-order valence-corrected chi connectivity index (χ1v) is 4.43. The van der Waals surface area contributed by atoms with Crippen LogP contribution in [-0.2, 0) is 9.53 Å². The molecule has 2 atom stereocenters. The zero-order chi connectivity index (χ0) is 10.4. The van der Waals surface area contributed by atoms with Crippen molar-refractivity contribution >= 4 is 5.97 Å². The van der Waals surface area contributed by atoms with Gasteiger partial charge in [0, 0.05) is 0 Å². The van der Waals surface area contributed by atoms with Gasteiger partial charge in [-0.25, -0.2) is 0 Å². The van der Waals surface area contributed by atoms with Gasteiger partial charge in [-0.1, -0.05) is 12.5 Å². The molecule has 0 saturated carbocycles. The lowest BCUT2D eigenvalue weighted by Gasteiger charge is -2.19. The van der Waals surface area contributed by atoms with Crippen LogP contribution in [0.25, 0.3) is 0 Å². The molecular formula is C10H18O3. The smallest absolute Gasteiger partial charge is 0.311 e. The van der Waals surface area contributed by atoms with Crippen molar-refractivity contribution in [1.29, 1.82) is 0 Å². The van der Waals surface area contributed by atoms with E-state index < -0.39 is 12.0 Å². The number of allylic oxidation sites excluding steroid dienone is 1. The minimum atomic E-state index is -0.635. The fourth-order valence-electron chi connectivity index (χ4n) is 1.19. The third-order valence-corrected chi connectivity index (χ3v) is 1.96. The van der Waals surface area contributed by atoms with Gasteiger partial charge < -0.3 is 9.84 Å². The highest BCUT2D eigenvalue weighted by molar-refractivity contribution is 5.73. The summed E-state index contributed by atoms with van der Waals surface area (Å²) < 4.78 is 4.60. The van der Waals surface area contributed by atoms with Crippen molar-refractivity contribution < 1.29 is 14.6 Å². The number of ether oxygens (including phenoxy) is 1. The monoisotopic (exact) mass is 186 g/mol. The van der Waals surface area contributed by atoms with Crippen LogP contribution in [0, 0.1) is 5.92 Å². The first-order chi connectivity index (χ1) is 6.02. The summed E-state index contributed by atoms with van der Waals surface area (Å²) >= 11 is 0. The maximum atomic E-state index is 11.2. The Hall–Kier alpha value is -0.830. The largest absolute Gasteiger partial charge is 0.469 e. The fourth-order valence-corrected chi connectivity index (χ4v) is 1.19. The van der Waals surface area contributed by atoms with Gasteiger partial charge in [0.2, 0.25) is 0 Å². The topological polar surface area (TPSA) is 46.5 Å². The van der Waals surface area contributed by atoms with Crippen molar-refractivity contribution in [2.45, 2.75) is 32.8 Å². The quantitative estimate of drug-likeness (QED) is 0.523. The Morgan fingerprint density at radius 2 is 2.15 bits per heavy atom. The summed E-state index contributed by atoms with van der Waals surface area (Å²) in [4.78, 5) is 11.2. The van der Waals surface area contributed by atoms with Crippen molar-refractivity contribution in [3.8, 4) is 0 Å². The molecule has 13 heavy (non-hydrogen) atoms. The lowest BCUT2D eigenvalue weighted by atomic mass is 9.94. The van der Waals surface area contributed by atoms with Crippen LogP contribution in [0.4, 0.5) is 0 Å². The zero-order valence-corrected chi connectivity index (χ0v) is 8.54. The fraction of sp³-hybridized carbons (Fsp3) is 0.700. The molecule has 3 heteroatoms. The highest BCUT2D eigenvalue weighted by Crippen LogP contribution is 2.17. The van der Waals surface area contributed by atoms with Crippen LogP contribution in [0.1, 0.15) is 26.7 Å². The maximum Gasteiger partial charge on any atom is 0.311 e. The number of esters is 1. The standard InChI is InChI=1S/C10H18O3/c1-5-9(11)8(6-7(2)3)10(12)13-4/h8-9,11H,2,5-6H2,1,3-4H3/t8-,9-/m1/s1. The molecule has 0 heterocycles. The van der Waals surface area contributed by atoms with Gasteiger partial charge in [-0.2, -0.15) is 0 Å². The highest BCUT2D eigenvalue weighted by Gasteiger charge is 2.26. The SMILES string of the molecule is C=C(C)C[C@@H](C(=O)OC)[C@H](O)CC. The second-order valence-electron chi connectivity index (χ2n) is 3.27. The van der Waals surface area contributed by atoms with Crippen LogP contribution in [0.3, 0.4) is 0 Å². The van der Waals surface area contributed by atoms with E-state index >= 15 is 0 Å². The first kappa shape index (κ1) is 12.2. The van der Waals surface area contributed by atoms with Gasteiger partial charge in [0.1, 0.15) is 0 Å². The lowest BCUT2D eigenvalue weighted by molar-refractivity contribution is -0.149. The molecule has 0 aromatic rings. The predicted molar refractivity (Wildman–Crippen MR) is 51.2 cm³/mol. The Balaban J connectivity index is 4.35. The van der Waals surface area contributed by atoms with E-state index in [0.717, 1.165) is 5.57 Å². The Bertz CT molecular complexity index is 187. The van der Waals surface area contributed by atoms with E-state index in [2.05, 4.69) is 11.3 Å². The Morgan fingerprint density at radius 1 is 1.62 bits per heavy atom. The van der Waals surface area contributed by atoms with E-state index in [1.165, 1.54) is 7.11 Å². The molecule has 3 nitrogen and oxygen atoms in total. The maximum absolute atomic E-state index is 11.2. The number of carbonyl (C=O) groups is 1. The zero-order valence-electron chi connectivity index (χ0n) is 8.54. The van der Waals surface area contributed by atoms with Crippen LogP contribution in [0.15, 0.2) is 12.2 Å². The number of hydrogen-bond donors (Lipinski definition) is 1. The van der Waals surface area contributed by atoms with E-state index in [-0.39, 0.29) is 5.97 Å². The molecule has 0 saturated heterocycles. The van der Waals surface area contributed by atoms with Crippen molar-refractivity contribution in [2.75, 3.05) is 7.11 Å². The van der Waals surface area contributed by atoms with Crippen molar-refractivity contribution in [2.24, 2.45) is 5.92 Å². The van der Waals surface area contributed by atoms with Crippen LogP contribution in [0.5, 0.6) is 0 Å². The molecule has 0 amide bonds. The molecule has 0 radical (unpaired) electrons. The van der Waals surface area contributed by atoms with Gasteiger partial charge in [0.25, 0.3) is 0 Å². The normalized spacial score (nSPS) is 14.8. The third kappa shape index (κ3) is 4.08. The number of methoxy groups -OCH3 is 1. The molecule has 0 aliphatic carbocycles. The lowest BCUT2D eigenvalue weighted by Crippen LogP contribution is -2.29. The molecule has 0 aliphatic heterocycles. The summed E-state index contributed by atoms with van der Waals surface area (Å²) in [5.74, 6) is -0.829. The number of carbonyl (C=O) groups excluding carboxylic acids is 1. The van der Waals surface area contributed by atoms with Crippen LogP contribution < -0.4 is 0 Å². The summed E-state index contributed by atoms with van der Waals surface area (Å²) in [5, 5.41) is 9.53. The average molecular weight is 186 g/mol. The number of rotatable bonds is 5. The van der Waals surface area contributed by atoms with Gasteiger partial charge in [-0.3, -0.25) is 4.79 Å². The van der Waals surface area contributed by atoms with Crippen LogP contribution in [-0.4, -0.2) is 24.3 Å². The summed E-state index contributed by atoms with van der Waals surface area (Å²) in [6, 6.07) is 0. The van der Waals surface area contributed by atoms with E-state index in [1.54, 1.807) is 0 Å². The summed E-state index contributed by atoms with van der Waals surface area (Å²) in [7, 11) is 1.33. The van der Waals surface area contributed by atoms with Gasteiger partial charge in [-0.05, 0) is 19.8 Å². The van der Waals surface area contributed by atoms with Crippen LogP contribution in [0.2, 0.25) is 0 Å². The van der Waals surface area contributed by atoms with Crippen molar-refractivity contribution in [1.82, 2.24) is 0 Å². The van der Waals surface area contributed by atoms with Gasteiger partial charge in [0.05, 0.1) is 19.1 Å². The summed E-state index contributed by atoms with van der Waals surface area (Å²) in [6.45, 7) is 7.37. The minimum Gasteiger partial charge on any atom is -0.469 e. The number of hydrogen-bond acceptors (Lipinski definition) is 3. The molecule has 76 valence electrons. The number of aliphatic hydroxyl groups is 1. The molecule has 0 unspecified atom stereocenters. The van der Waals surface area contributed by atoms with Gasteiger partial charge in [-0.15, -0.1) is 6.58 Å². The molecule has 0 aromatic carbocycles. The molecule has 0 bridgehead atoms. The van der Waals surface area contributed by atoms with E-state index in [0.29, 0.717) is 12.8 Å². The first-order valence-electron chi connectivity index (χ1n) is 4.43. The second kappa shape index (κ2) is 5.75. The van der Waals surface area contributed by atoms with E-state index in [9.17, 15) is 9.90 Å². The molecule has 0 rings (SSSR count). The average Bonchev–Trinajstić information content (AvgIpc) is 2.11. The Kier molecular flexibility index (Phi) is 5.39. The molecule has 0 spiro atoms. The molecule has 0 fully saturated rings. The van der Waals surface area contributed by atoms with Crippen LogP contribution >= 0.6 is 0 Å². The number of aliphatic hydroxyl groups excluding tert-OH is 1. The third-order valence-electron chi connectivity index (χ3n) is 1.96. The van der Waals surface area contributed by atoms with E-state index in [4.69, 9.17) is 0 Å². The highest BCUT2D eigenvalue weighted by atomic mass is 16.5. The summed E-state index contributed by atoms with van der Waals surface area (Å²) in [5.41, 5.74) is 0.878. The second-order valence-corrected chi connectivity index (χ2v) is 3.27. The Morgan fingerprint density at radius 3 is 2.46 bits per heavy atom. The molecular weight excluding hydrogens is 168 g/mol. The summed E-state index contributed by atoms with van der Waals surface area (Å²) in [6.07, 6.45) is 0.401. The van der Waals surface area contributed by atoms with E-state index in [1.807, 2.05) is 13.8 Å². The van der Waals surface area contributed by atoms with Gasteiger partial charge >= 0.3 is 5.97 Å². The Labute approximate surface area is 79.4 Å².